The Labute approximate surface area is 176 Å². The predicted octanol–water partition coefficient (Wildman–Crippen LogP) is 2.62. The van der Waals surface area contributed by atoms with Gasteiger partial charge < -0.3 is 10.2 Å². The largest absolute Gasteiger partial charge is 0.511 e. The van der Waals surface area contributed by atoms with E-state index in [1.807, 2.05) is 0 Å². The molecule has 1 aliphatic carbocycles. The van der Waals surface area contributed by atoms with Crippen molar-refractivity contribution >= 4 is 40.0 Å². The van der Waals surface area contributed by atoms with E-state index in [9.17, 15) is 21.6 Å². The fourth-order valence-electron chi connectivity index (χ4n) is 4.27. The summed E-state index contributed by atoms with van der Waals surface area (Å²) in [6.07, 6.45) is 5.91. The van der Waals surface area contributed by atoms with Crippen molar-refractivity contribution in [1.82, 2.24) is 14.5 Å². The fourth-order valence-corrected chi connectivity index (χ4v) is 5.25. The lowest BCUT2D eigenvalue weighted by Gasteiger charge is -2.38. The third-order valence-electron chi connectivity index (χ3n) is 6.12. The highest BCUT2D eigenvalue weighted by molar-refractivity contribution is 14.0. The molecule has 2 heterocycles. The smallest absolute Gasteiger partial charge is 0.356 e. The zero-order valence-corrected chi connectivity index (χ0v) is 18.6. The molecule has 158 valence electrons. The Hall–Kier alpha value is -0.300. The molecule has 27 heavy (non-hydrogen) atoms. The van der Waals surface area contributed by atoms with E-state index in [0.717, 1.165) is 19.0 Å². The van der Waals surface area contributed by atoms with E-state index < -0.39 is 15.5 Å². The number of guanidine groups is 1. The van der Waals surface area contributed by atoms with Crippen LogP contribution < -0.4 is 5.32 Å². The molecule has 0 bridgehead atoms. The van der Waals surface area contributed by atoms with Gasteiger partial charge in [0.1, 0.15) is 0 Å². The Bertz CT molecular complexity index is 645. The molecular weight excluding hydrogens is 496 g/mol. The number of sulfonamides is 1. The van der Waals surface area contributed by atoms with Gasteiger partial charge >= 0.3 is 15.5 Å². The van der Waals surface area contributed by atoms with Crippen LogP contribution in [0.4, 0.5) is 13.2 Å². The first kappa shape index (κ1) is 23.0. The molecule has 1 saturated carbocycles. The highest BCUT2D eigenvalue weighted by Gasteiger charge is 2.50. The summed E-state index contributed by atoms with van der Waals surface area (Å²) < 4.78 is 61.3. The number of likely N-dealkylation sites (tertiary alicyclic amines) is 1. The Morgan fingerprint density at radius 1 is 1.19 bits per heavy atom. The lowest BCUT2D eigenvalue weighted by atomic mass is 9.68. The normalized spacial score (nSPS) is 24.6. The predicted molar refractivity (Wildman–Crippen MR) is 109 cm³/mol. The minimum atomic E-state index is -5.21. The Morgan fingerprint density at radius 3 is 2.26 bits per heavy atom. The van der Waals surface area contributed by atoms with Gasteiger partial charge in [-0.3, -0.25) is 4.99 Å². The Kier molecular flexibility index (Phi) is 7.32. The van der Waals surface area contributed by atoms with Crippen molar-refractivity contribution < 1.29 is 21.6 Å². The number of rotatable bonds is 3. The SMILES string of the molecule is CN=C(NCC1CCN(S(=O)(=O)C(F)(F)F)CC1)N1CCC2(CCC2)C1.I. The minimum Gasteiger partial charge on any atom is -0.356 e. The lowest BCUT2D eigenvalue weighted by Crippen LogP contribution is -2.48. The molecule has 0 amide bonds. The molecule has 0 aromatic carbocycles. The number of hydrogen-bond acceptors (Lipinski definition) is 3. The summed E-state index contributed by atoms with van der Waals surface area (Å²) in [6.45, 7) is 2.45. The summed E-state index contributed by atoms with van der Waals surface area (Å²) in [7, 11) is -3.46. The molecule has 6 nitrogen and oxygen atoms in total. The van der Waals surface area contributed by atoms with E-state index in [1.54, 1.807) is 7.05 Å². The van der Waals surface area contributed by atoms with Crippen LogP contribution in [0.15, 0.2) is 4.99 Å². The van der Waals surface area contributed by atoms with Gasteiger partial charge in [-0.25, -0.2) is 8.42 Å². The van der Waals surface area contributed by atoms with Crippen LogP contribution in [0.5, 0.6) is 0 Å². The summed E-state index contributed by atoms with van der Waals surface area (Å²) >= 11 is 0. The van der Waals surface area contributed by atoms with E-state index >= 15 is 0 Å². The van der Waals surface area contributed by atoms with Crippen LogP contribution in [-0.2, 0) is 10.0 Å². The molecule has 0 aromatic heterocycles. The number of piperidine rings is 1. The van der Waals surface area contributed by atoms with Crippen molar-refractivity contribution in [1.29, 1.82) is 0 Å². The minimum absolute atomic E-state index is 0. The number of hydrogen-bond donors (Lipinski definition) is 1. The highest BCUT2D eigenvalue weighted by atomic mass is 127. The Morgan fingerprint density at radius 2 is 1.81 bits per heavy atom. The van der Waals surface area contributed by atoms with Gasteiger partial charge in [-0.1, -0.05) is 6.42 Å². The first-order chi connectivity index (χ1) is 12.2. The van der Waals surface area contributed by atoms with Gasteiger partial charge in [0.05, 0.1) is 0 Å². The number of aliphatic imine (C=N–C) groups is 1. The Balaban J connectivity index is 0.00000261. The summed E-state index contributed by atoms with van der Waals surface area (Å²) in [4.78, 5) is 6.61. The molecule has 2 saturated heterocycles. The fraction of sp³-hybridized carbons (Fsp3) is 0.938. The first-order valence-electron chi connectivity index (χ1n) is 9.19. The van der Waals surface area contributed by atoms with E-state index in [2.05, 4.69) is 15.2 Å². The van der Waals surface area contributed by atoms with Crippen LogP contribution in [0.2, 0.25) is 0 Å². The first-order valence-corrected chi connectivity index (χ1v) is 10.6. The van der Waals surface area contributed by atoms with Crippen LogP contribution in [0.3, 0.4) is 0 Å². The van der Waals surface area contributed by atoms with Crippen molar-refractivity contribution in [2.75, 3.05) is 39.8 Å². The van der Waals surface area contributed by atoms with E-state index in [1.165, 1.54) is 25.7 Å². The molecule has 3 fully saturated rings. The second-order valence-electron chi connectivity index (χ2n) is 7.75. The number of alkyl halides is 3. The van der Waals surface area contributed by atoms with Crippen LogP contribution in [0, 0.1) is 11.3 Å². The van der Waals surface area contributed by atoms with Gasteiger partial charge in [-0.2, -0.15) is 17.5 Å². The molecule has 1 spiro atoms. The molecule has 0 unspecified atom stereocenters. The molecule has 0 radical (unpaired) electrons. The molecule has 0 atom stereocenters. The van der Waals surface area contributed by atoms with Gasteiger partial charge in [-0.15, -0.1) is 24.0 Å². The molecule has 3 aliphatic rings. The van der Waals surface area contributed by atoms with Crippen molar-refractivity contribution in [2.45, 2.75) is 44.0 Å². The lowest BCUT2D eigenvalue weighted by molar-refractivity contribution is -0.0496. The van der Waals surface area contributed by atoms with Crippen molar-refractivity contribution in [3.8, 4) is 0 Å². The van der Waals surface area contributed by atoms with Gasteiger partial charge in [-0.05, 0) is 43.4 Å². The van der Waals surface area contributed by atoms with E-state index in [4.69, 9.17) is 0 Å². The standard InChI is InChI=1S/C16H27F3N4O2S.HI/c1-20-14(22-10-7-15(12-22)5-2-6-15)21-11-13-3-8-23(9-4-13)26(24,25)16(17,18)19;/h13H,2-12H2,1H3,(H,20,21);1H. The molecular formula is C16H28F3IN4O2S. The van der Waals surface area contributed by atoms with Crippen molar-refractivity contribution in [2.24, 2.45) is 16.3 Å². The quantitative estimate of drug-likeness (QED) is 0.351. The van der Waals surface area contributed by atoms with Gasteiger partial charge in [0.25, 0.3) is 0 Å². The highest BCUT2D eigenvalue weighted by Crippen LogP contribution is 2.47. The van der Waals surface area contributed by atoms with Crippen LogP contribution >= 0.6 is 24.0 Å². The molecule has 3 rings (SSSR count). The van der Waals surface area contributed by atoms with Crippen LogP contribution in [-0.4, -0.2) is 68.9 Å². The average Bonchev–Trinajstić information content (AvgIpc) is 3.01. The van der Waals surface area contributed by atoms with Gasteiger partial charge in [0.2, 0.25) is 0 Å². The zero-order valence-electron chi connectivity index (χ0n) is 15.5. The third-order valence-corrected chi connectivity index (χ3v) is 7.75. The number of nitrogens with one attached hydrogen (secondary N) is 1. The maximum Gasteiger partial charge on any atom is 0.511 e. The van der Waals surface area contributed by atoms with Crippen LogP contribution in [0.1, 0.15) is 38.5 Å². The van der Waals surface area contributed by atoms with Gasteiger partial charge in [0.15, 0.2) is 5.96 Å². The summed E-state index contributed by atoms with van der Waals surface area (Å²) in [5.74, 6) is 0.991. The molecule has 11 heteroatoms. The zero-order chi connectivity index (χ0) is 19.0. The topological polar surface area (TPSA) is 65.0 Å². The molecule has 0 aromatic rings. The van der Waals surface area contributed by atoms with E-state index in [0.29, 0.717) is 29.1 Å². The van der Waals surface area contributed by atoms with Gasteiger partial charge in [0, 0.05) is 39.8 Å². The summed E-state index contributed by atoms with van der Waals surface area (Å²) in [5, 5.41) is 3.34. The van der Waals surface area contributed by atoms with E-state index in [-0.39, 0.29) is 43.0 Å². The molecule has 2 aliphatic heterocycles. The molecule has 1 N–H and O–H groups in total. The van der Waals surface area contributed by atoms with Crippen LogP contribution in [0.25, 0.3) is 0 Å². The van der Waals surface area contributed by atoms with Crippen molar-refractivity contribution in [3.05, 3.63) is 0 Å². The average molecular weight is 524 g/mol. The second kappa shape index (κ2) is 8.60. The number of nitrogens with zero attached hydrogens (tertiary/aromatic N) is 3. The number of halogens is 4. The second-order valence-corrected chi connectivity index (χ2v) is 9.68. The van der Waals surface area contributed by atoms with Crippen molar-refractivity contribution in [3.63, 3.8) is 0 Å². The summed E-state index contributed by atoms with van der Waals surface area (Å²) in [5.41, 5.74) is -4.75. The third kappa shape index (κ3) is 4.82. The monoisotopic (exact) mass is 524 g/mol. The summed E-state index contributed by atoms with van der Waals surface area (Å²) in [6, 6.07) is 0. The maximum atomic E-state index is 12.6. The maximum absolute atomic E-state index is 12.6.